The highest BCUT2D eigenvalue weighted by molar-refractivity contribution is 5.99. The molecule has 0 spiro atoms. The van der Waals surface area contributed by atoms with Crippen LogP contribution >= 0.6 is 0 Å². The number of aryl methyl sites for hydroxylation is 3. The van der Waals surface area contributed by atoms with E-state index in [1.54, 1.807) is 18.2 Å². The molecule has 1 heterocycles. The van der Waals surface area contributed by atoms with Gasteiger partial charge in [-0.2, -0.15) is 0 Å². The number of esters is 1. The van der Waals surface area contributed by atoms with Crippen molar-refractivity contribution in [2.45, 2.75) is 46.1 Å². The number of benzene rings is 2. The van der Waals surface area contributed by atoms with Gasteiger partial charge in [-0.05, 0) is 48.6 Å². The first kappa shape index (κ1) is 20.6. The molecule has 0 aliphatic carbocycles. The number of para-hydroxylation sites is 2. The molecule has 0 bridgehead atoms. The number of hydrogen-bond acceptors (Lipinski definition) is 5. The van der Waals surface area contributed by atoms with Crippen molar-refractivity contribution in [1.29, 1.82) is 0 Å². The minimum Gasteiger partial charge on any atom is -0.457 e. The number of fused-ring (bicyclic) bond motifs is 1. The van der Waals surface area contributed by atoms with Gasteiger partial charge in [0.05, 0.1) is 5.52 Å². The lowest BCUT2D eigenvalue weighted by Gasteiger charge is -2.10. The molecule has 6 nitrogen and oxygen atoms in total. The summed E-state index contributed by atoms with van der Waals surface area (Å²) in [5, 5.41) is 0. The van der Waals surface area contributed by atoms with Crippen LogP contribution in [0.2, 0.25) is 0 Å². The number of Topliss-reactive ketones (excluding diaryl/α,β-unsaturated/α-hetero) is 1. The Morgan fingerprint density at radius 3 is 2.62 bits per heavy atom. The Morgan fingerprint density at radius 2 is 1.86 bits per heavy atom. The van der Waals surface area contributed by atoms with Gasteiger partial charge in [-0.3, -0.25) is 14.2 Å². The normalized spacial score (nSPS) is 11.0. The Balaban J connectivity index is 1.53. The summed E-state index contributed by atoms with van der Waals surface area (Å²) in [7, 11) is 0. The third-order valence-corrected chi connectivity index (χ3v) is 4.96. The largest absolute Gasteiger partial charge is 0.457 e. The third-order valence-electron chi connectivity index (χ3n) is 4.96. The number of oxazole rings is 1. The van der Waals surface area contributed by atoms with E-state index in [4.69, 9.17) is 9.15 Å². The highest BCUT2D eigenvalue weighted by atomic mass is 16.5. The second-order valence-corrected chi connectivity index (χ2v) is 6.87. The van der Waals surface area contributed by atoms with Crippen molar-refractivity contribution in [2.75, 3.05) is 6.61 Å². The van der Waals surface area contributed by atoms with Crippen molar-refractivity contribution in [2.24, 2.45) is 0 Å². The Labute approximate surface area is 169 Å². The molecule has 6 heteroatoms. The zero-order valence-electron chi connectivity index (χ0n) is 16.8. The lowest BCUT2D eigenvalue weighted by atomic mass is 9.98. The molecule has 3 rings (SSSR count). The maximum atomic E-state index is 12.5. The van der Waals surface area contributed by atoms with Crippen molar-refractivity contribution < 1.29 is 18.7 Å². The summed E-state index contributed by atoms with van der Waals surface area (Å²) in [6.07, 6.45) is 2.12. The van der Waals surface area contributed by atoms with Crippen LogP contribution in [0.1, 0.15) is 48.2 Å². The van der Waals surface area contributed by atoms with Crippen molar-refractivity contribution >= 4 is 22.9 Å². The lowest BCUT2D eigenvalue weighted by Crippen LogP contribution is -2.18. The zero-order valence-corrected chi connectivity index (χ0v) is 16.8. The van der Waals surface area contributed by atoms with Crippen LogP contribution in [0.4, 0.5) is 0 Å². The van der Waals surface area contributed by atoms with E-state index in [1.165, 1.54) is 4.57 Å². The summed E-state index contributed by atoms with van der Waals surface area (Å²) in [6.45, 7) is 4.10. The van der Waals surface area contributed by atoms with E-state index in [9.17, 15) is 14.4 Å². The maximum Gasteiger partial charge on any atom is 0.419 e. The van der Waals surface area contributed by atoms with E-state index >= 15 is 0 Å². The molecule has 3 aromatic rings. The molecule has 152 valence electrons. The lowest BCUT2D eigenvalue weighted by molar-refractivity contribution is -0.142. The highest BCUT2D eigenvalue weighted by Gasteiger charge is 2.15. The molecule has 0 unspecified atom stereocenters. The Kier molecular flexibility index (Phi) is 6.65. The van der Waals surface area contributed by atoms with Crippen molar-refractivity contribution in [3.63, 3.8) is 0 Å². The van der Waals surface area contributed by atoms with Gasteiger partial charge in [0, 0.05) is 18.5 Å². The number of rotatable bonds is 9. The molecule has 0 aliphatic rings. The molecule has 0 radical (unpaired) electrons. The molecule has 0 saturated heterocycles. The first-order chi connectivity index (χ1) is 14.0. The fraction of sp³-hybridized carbons (Fsp3) is 0.348. The molecular weight excluding hydrogens is 370 g/mol. The van der Waals surface area contributed by atoms with Gasteiger partial charge in [0.25, 0.3) is 0 Å². The SMILES string of the molecule is CCc1ccc(CC)c(C(=O)COC(=O)CCCn2c(=O)oc3ccccc32)c1. The van der Waals surface area contributed by atoms with Gasteiger partial charge in [0.2, 0.25) is 5.78 Å². The molecule has 0 fully saturated rings. The van der Waals surface area contributed by atoms with Crippen LogP contribution in [0.25, 0.3) is 11.1 Å². The number of hydrogen-bond donors (Lipinski definition) is 0. The van der Waals surface area contributed by atoms with Crippen LogP contribution in [0.3, 0.4) is 0 Å². The second kappa shape index (κ2) is 9.37. The van der Waals surface area contributed by atoms with Crippen molar-refractivity contribution in [3.8, 4) is 0 Å². The minimum absolute atomic E-state index is 0.120. The first-order valence-electron chi connectivity index (χ1n) is 9.92. The van der Waals surface area contributed by atoms with Crippen molar-refractivity contribution in [3.05, 3.63) is 69.7 Å². The molecule has 1 aromatic heterocycles. The van der Waals surface area contributed by atoms with Crippen LogP contribution < -0.4 is 5.76 Å². The van der Waals surface area contributed by atoms with E-state index in [1.807, 2.05) is 38.1 Å². The topological polar surface area (TPSA) is 78.5 Å². The minimum atomic E-state index is -0.455. The Hall–Kier alpha value is -3.15. The van der Waals surface area contributed by atoms with Crippen LogP contribution in [0.5, 0.6) is 0 Å². The molecule has 0 aliphatic heterocycles. The average molecular weight is 395 g/mol. The summed E-state index contributed by atoms with van der Waals surface area (Å²) in [6, 6.07) is 13.0. The molecule has 0 amide bonds. The number of carbonyl (C=O) groups excluding carboxylic acids is 2. The van der Waals surface area contributed by atoms with Crippen LogP contribution in [-0.4, -0.2) is 22.9 Å². The van der Waals surface area contributed by atoms with E-state index in [0.717, 1.165) is 24.0 Å². The Morgan fingerprint density at radius 1 is 1.07 bits per heavy atom. The predicted octanol–water partition coefficient (Wildman–Crippen LogP) is 3.93. The van der Waals surface area contributed by atoms with Gasteiger partial charge in [-0.1, -0.05) is 38.1 Å². The number of ketones is 1. The number of aromatic nitrogens is 1. The monoisotopic (exact) mass is 395 g/mol. The van der Waals surface area contributed by atoms with Gasteiger partial charge in [-0.25, -0.2) is 4.79 Å². The number of ether oxygens (including phenoxy) is 1. The maximum absolute atomic E-state index is 12.5. The zero-order chi connectivity index (χ0) is 20.8. The summed E-state index contributed by atoms with van der Waals surface area (Å²) in [5.41, 5.74) is 3.87. The Bertz CT molecular complexity index is 1080. The molecule has 29 heavy (non-hydrogen) atoms. The van der Waals surface area contributed by atoms with Crippen molar-refractivity contribution in [1.82, 2.24) is 4.57 Å². The van der Waals surface area contributed by atoms with E-state index < -0.39 is 11.7 Å². The average Bonchev–Trinajstić information content (AvgIpc) is 3.06. The summed E-state index contributed by atoms with van der Waals surface area (Å²) >= 11 is 0. The molecular formula is C23H25NO5. The van der Waals surface area contributed by atoms with Gasteiger partial charge in [-0.15, -0.1) is 0 Å². The van der Waals surface area contributed by atoms with E-state index in [0.29, 0.717) is 29.6 Å². The predicted molar refractivity (Wildman–Crippen MR) is 110 cm³/mol. The van der Waals surface area contributed by atoms with Gasteiger partial charge in [0.15, 0.2) is 12.2 Å². The molecule has 2 aromatic carbocycles. The highest BCUT2D eigenvalue weighted by Crippen LogP contribution is 2.15. The molecule has 0 N–H and O–H groups in total. The fourth-order valence-electron chi connectivity index (χ4n) is 3.31. The van der Waals surface area contributed by atoms with Crippen LogP contribution in [0.15, 0.2) is 51.7 Å². The van der Waals surface area contributed by atoms with E-state index in [2.05, 4.69) is 0 Å². The standard InChI is InChI=1S/C23H25NO5/c1-3-16-11-12-17(4-2)18(14-16)20(25)15-28-22(26)10-7-13-24-19-8-5-6-9-21(19)29-23(24)27/h5-6,8-9,11-12,14H,3-4,7,10,13,15H2,1-2H3. The first-order valence-corrected chi connectivity index (χ1v) is 9.92. The third kappa shape index (κ3) is 4.83. The summed E-state index contributed by atoms with van der Waals surface area (Å²) in [5.74, 6) is -1.09. The van der Waals surface area contributed by atoms with Gasteiger partial charge >= 0.3 is 11.7 Å². The summed E-state index contributed by atoms with van der Waals surface area (Å²) < 4.78 is 11.8. The number of nitrogens with zero attached hydrogens (tertiary/aromatic N) is 1. The fourth-order valence-corrected chi connectivity index (χ4v) is 3.31. The summed E-state index contributed by atoms with van der Waals surface area (Å²) in [4.78, 5) is 36.5. The second-order valence-electron chi connectivity index (χ2n) is 6.87. The molecule has 0 saturated carbocycles. The molecule has 0 atom stereocenters. The quantitative estimate of drug-likeness (QED) is 0.405. The number of carbonyl (C=O) groups is 2. The van der Waals surface area contributed by atoms with Crippen LogP contribution in [0, 0.1) is 0 Å². The smallest absolute Gasteiger partial charge is 0.419 e. The van der Waals surface area contributed by atoms with Gasteiger partial charge in [0.1, 0.15) is 0 Å². The van der Waals surface area contributed by atoms with Crippen LogP contribution in [-0.2, 0) is 28.9 Å². The van der Waals surface area contributed by atoms with E-state index in [-0.39, 0.29) is 18.8 Å². The van der Waals surface area contributed by atoms with Gasteiger partial charge < -0.3 is 9.15 Å².